The van der Waals surface area contributed by atoms with Crippen LogP contribution in [0.4, 0.5) is 5.69 Å². The fraction of sp³-hybridized carbons (Fsp3) is 0.333. The van der Waals surface area contributed by atoms with Gasteiger partial charge in [-0.05, 0) is 48.5 Å². The Kier molecular flexibility index (Phi) is 7.36. The molecule has 0 radical (unpaired) electrons. The first-order valence-corrected chi connectivity index (χ1v) is 9.69. The maximum atomic E-state index is 12.0. The fourth-order valence-electron chi connectivity index (χ4n) is 2.90. The lowest BCUT2D eigenvalue weighted by Crippen LogP contribution is -2.37. The van der Waals surface area contributed by atoms with E-state index in [2.05, 4.69) is 27.7 Å². The van der Waals surface area contributed by atoms with Crippen LogP contribution in [-0.2, 0) is 16.1 Å². The lowest BCUT2D eigenvalue weighted by atomic mass is 10.2. The predicted molar refractivity (Wildman–Crippen MR) is 114 cm³/mol. The number of morpholine rings is 1. The molecule has 28 heavy (non-hydrogen) atoms. The number of rotatable bonds is 6. The van der Waals surface area contributed by atoms with E-state index in [4.69, 9.17) is 21.7 Å². The minimum atomic E-state index is -0.301. The molecule has 1 amide bonds. The van der Waals surface area contributed by atoms with Crippen molar-refractivity contribution in [2.24, 2.45) is 0 Å². The second-order valence-corrected chi connectivity index (χ2v) is 7.05. The number of para-hydroxylation sites is 1. The van der Waals surface area contributed by atoms with Crippen LogP contribution in [-0.4, -0.2) is 48.8 Å². The standard InChI is InChI=1S/C21H25N3O3S/c1-16-4-2-3-5-19(16)27-15-20(25)23-21(28)22-18-8-6-17(7-9-18)14-24-10-12-26-13-11-24/h2-9H,10-15H2,1H3,(H2,22,23,25,28). The zero-order chi connectivity index (χ0) is 19.8. The van der Waals surface area contributed by atoms with Crippen LogP contribution in [0.3, 0.4) is 0 Å². The highest BCUT2D eigenvalue weighted by Gasteiger charge is 2.11. The Morgan fingerprint density at radius 3 is 2.57 bits per heavy atom. The van der Waals surface area contributed by atoms with E-state index < -0.39 is 0 Å². The van der Waals surface area contributed by atoms with E-state index >= 15 is 0 Å². The van der Waals surface area contributed by atoms with Crippen LogP contribution < -0.4 is 15.4 Å². The summed E-state index contributed by atoms with van der Waals surface area (Å²) in [6, 6.07) is 15.6. The number of carbonyl (C=O) groups is 1. The SMILES string of the molecule is Cc1ccccc1OCC(=O)NC(=S)Nc1ccc(CN2CCOCC2)cc1. The van der Waals surface area contributed by atoms with Crippen molar-refractivity contribution >= 4 is 28.9 Å². The van der Waals surface area contributed by atoms with Gasteiger partial charge in [-0.2, -0.15) is 0 Å². The Hall–Kier alpha value is -2.48. The molecule has 148 valence electrons. The van der Waals surface area contributed by atoms with Crippen molar-refractivity contribution in [2.75, 3.05) is 38.2 Å². The van der Waals surface area contributed by atoms with Gasteiger partial charge in [-0.1, -0.05) is 30.3 Å². The molecule has 0 saturated carbocycles. The van der Waals surface area contributed by atoms with Gasteiger partial charge in [0.25, 0.3) is 5.91 Å². The summed E-state index contributed by atoms with van der Waals surface area (Å²) in [5.74, 6) is 0.386. The number of hydrogen-bond donors (Lipinski definition) is 2. The maximum absolute atomic E-state index is 12.0. The molecule has 1 saturated heterocycles. The molecule has 3 rings (SSSR count). The Balaban J connectivity index is 1.42. The number of thiocarbonyl (C=S) groups is 1. The number of nitrogens with one attached hydrogen (secondary N) is 2. The number of carbonyl (C=O) groups excluding carboxylic acids is 1. The largest absolute Gasteiger partial charge is 0.483 e. The molecule has 0 aromatic heterocycles. The molecule has 7 heteroatoms. The Labute approximate surface area is 170 Å². The van der Waals surface area contributed by atoms with Crippen molar-refractivity contribution in [1.29, 1.82) is 0 Å². The molecule has 1 heterocycles. The summed E-state index contributed by atoms with van der Waals surface area (Å²) in [7, 11) is 0. The smallest absolute Gasteiger partial charge is 0.264 e. The second-order valence-electron chi connectivity index (χ2n) is 6.64. The summed E-state index contributed by atoms with van der Waals surface area (Å²) >= 11 is 5.21. The zero-order valence-electron chi connectivity index (χ0n) is 15.9. The topological polar surface area (TPSA) is 62.8 Å². The minimum Gasteiger partial charge on any atom is -0.483 e. The third kappa shape index (κ3) is 6.30. The monoisotopic (exact) mass is 399 g/mol. The van der Waals surface area contributed by atoms with Crippen molar-refractivity contribution in [3.05, 3.63) is 59.7 Å². The molecule has 1 aliphatic heterocycles. The molecule has 1 fully saturated rings. The normalized spacial score (nSPS) is 14.3. The number of nitrogens with zero attached hydrogens (tertiary/aromatic N) is 1. The Bertz CT molecular complexity index is 805. The molecule has 2 N–H and O–H groups in total. The van der Waals surface area contributed by atoms with E-state index in [0.717, 1.165) is 44.1 Å². The number of aryl methyl sites for hydroxylation is 1. The van der Waals surface area contributed by atoms with Crippen LogP contribution in [0.2, 0.25) is 0 Å². The fourth-order valence-corrected chi connectivity index (χ4v) is 3.13. The summed E-state index contributed by atoms with van der Waals surface area (Å²) < 4.78 is 10.9. The first kappa shape index (κ1) is 20.3. The van der Waals surface area contributed by atoms with Gasteiger partial charge in [0.1, 0.15) is 5.75 Å². The van der Waals surface area contributed by atoms with E-state index in [1.54, 1.807) is 0 Å². The zero-order valence-corrected chi connectivity index (χ0v) is 16.8. The molecule has 6 nitrogen and oxygen atoms in total. The lowest BCUT2D eigenvalue weighted by Gasteiger charge is -2.26. The van der Waals surface area contributed by atoms with Gasteiger partial charge in [0, 0.05) is 25.3 Å². The molecule has 0 atom stereocenters. The van der Waals surface area contributed by atoms with Gasteiger partial charge in [0.05, 0.1) is 13.2 Å². The van der Waals surface area contributed by atoms with Crippen molar-refractivity contribution in [1.82, 2.24) is 10.2 Å². The minimum absolute atomic E-state index is 0.0921. The third-order valence-electron chi connectivity index (χ3n) is 4.43. The van der Waals surface area contributed by atoms with Gasteiger partial charge in [-0.3, -0.25) is 15.0 Å². The van der Waals surface area contributed by atoms with E-state index in [9.17, 15) is 4.79 Å². The van der Waals surface area contributed by atoms with Crippen LogP contribution in [0.25, 0.3) is 0 Å². The van der Waals surface area contributed by atoms with Gasteiger partial charge >= 0.3 is 0 Å². The number of amides is 1. The summed E-state index contributed by atoms with van der Waals surface area (Å²) in [5.41, 5.74) is 3.04. The van der Waals surface area contributed by atoms with Crippen LogP contribution in [0, 0.1) is 6.92 Å². The van der Waals surface area contributed by atoms with Gasteiger partial charge < -0.3 is 14.8 Å². The quantitative estimate of drug-likeness (QED) is 0.729. The molecular formula is C21H25N3O3S. The highest BCUT2D eigenvalue weighted by molar-refractivity contribution is 7.80. The van der Waals surface area contributed by atoms with E-state index in [1.807, 2.05) is 43.3 Å². The van der Waals surface area contributed by atoms with E-state index in [1.165, 1.54) is 5.56 Å². The molecule has 2 aromatic carbocycles. The van der Waals surface area contributed by atoms with Gasteiger partial charge in [0.2, 0.25) is 0 Å². The van der Waals surface area contributed by atoms with Gasteiger partial charge in [-0.15, -0.1) is 0 Å². The number of benzene rings is 2. The summed E-state index contributed by atoms with van der Waals surface area (Å²) in [5, 5.41) is 5.91. The summed E-state index contributed by atoms with van der Waals surface area (Å²) in [6.07, 6.45) is 0. The van der Waals surface area contributed by atoms with Crippen molar-refractivity contribution in [3.63, 3.8) is 0 Å². The lowest BCUT2D eigenvalue weighted by molar-refractivity contribution is -0.121. The molecule has 0 bridgehead atoms. The average Bonchev–Trinajstić information content (AvgIpc) is 2.69. The number of ether oxygens (including phenoxy) is 2. The average molecular weight is 400 g/mol. The molecular weight excluding hydrogens is 374 g/mol. The Morgan fingerprint density at radius 2 is 1.86 bits per heavy atom. The molecule has 0 unspecified atom stereocenters. The molecule has 1 aliphatic rings. The maximum Gasteiger partial charge on any atom is 0.264 e. The van der Waals surface area contributed by atoms with Gasteiger partial charge in [-0.25, -0.2) is 0 Å². The van der Waals surface area contributed by atoms with Crippen molar-refractivity contribution in [3.8, 4) is 5.75 Å². The second kappa shape index (κ2) is 10.2. The molecule has 0 aliphatic carbocycles. The first-order valence-electron chi connectivity index (χ1n) is 9.28. The number of hydrogen-bond acceptors (Lipinski definition) is 5. The highest BCUT2D eigenvalue weighted by Crippen LogP contribution is 2.16. The first-order chi connectivity index (χ1) is 13.6. The Morgan fingerprint density at radius 1 is 1.14 bits per heavy atom. The van der Waals surface area contributed by atoms with E-state index in [0.29, 0.717) is 5.75 Å². The summed E-state index contributed by atoms with van der Waals surface area (Å²) in [4.78, 5) is 14.4. The van der Waals surface area contributed by atoms with E-state index in [-0.39, 0.29) is 17.6 Å². The van der Waals surface area contributed by atoms with Crippen LogP contribution >= 0.6 is 12.2 Å². The van der Waals surface area contributed by atoms with Crippen LogP contribution in [0.1, 0.15) is 11.1 Å². The van der Waals surface area contributed by atoms with Gasteiger partial charge in [0.15, 0.2) is 11.7 Å². The van der Waals surface area contributed by atoms with Crippen molar-refractivity contribution < 1.29 is 14.3 Å². The molecule has 2 aromatic rings. The third-order valence-corrected chi connectivity index (χ3v) is 4.63. The number of anilines is 1. The summed E-state index contributed by atoms with van der Waals surface area (Å²) in [6.45, 7) is 6.25. The van der Waals surface area contributed by atoms with Crippen LogP contribution in [0.5, 0.6) is 5.75 Å². The molecule has 0 spiro atoms. The predicted octanol–water partition coefficient (Wildman–Crippen LogP) is 2.72. The van der Waals surface area contributed by atoms with Crippen LogP contribution in [0.15, 0.2) is 48.5 Å². The van der Waals surface area contributed by atoms with Crippen molar-refractivity contribution in [2.45, 2.75) is 13.5 Å². The highest BCUT2D eigenvalue weighted by atomic mass is 32.1.